The van der Waals surface area contributed by atoms with Crippen molar-refractivity contribution in [1.29, 1.82) is 0 Å². The van der Waals surface area contributed by atoms with Crippen LogP contribution in [0, 0.1) is 34.0 Å². The van der Waals surface area contributed by atoms with Gasteiger partial charge in [0.2, 0.25) is 0 Å². The van der Waals surface area contributed by atoms with E-state index < -0.39 is 29.3 Å². The van der Waals surface area contributed by atoms with Crippen LogP contribution in [-0.2, 0) is 14.3 Å². The highest BCUT2D eigenvalue weighted by Gasteiger charge is 2.83. The molecule has 4 saturated carbocycles. The second kappa shape index (κ2) is 4.22. The van der Waals surface area contributed by atoms with Crippen molar-refractivity contribution in [1.82, 2.24) is 0 Å². The van der Waals surface area contributed by atoms with Gasteiger partial charge < -0.3 is 19.7 Å². The summed E-state index contributed by atoms with van der Waals surface area (Å²) in [5, 5.41) is 22.4. The zero-order chi connectivity index (χ0) is 17.4. The molecule has 3 saturated heterocycles. The average molecular weight is 346 g/mol. The number of aliphatic hydroxyl groups excluding tert-OH is 2. The van der Waals surface area contributed by atoms with E-state index in [1.54, 1.807) is 0 Å². The zero-order valence-corrected chi connectivity index (χ0v) is 14.6. The number of Topliss-reactive ketones (excluding diaryl/α,β-unsaturated/α-hetero) is 1. The normalized spacial score (nSPS) is 64.4. The Morgan fingerprint density at radius 2 is 2.00 bits per heavy atom. The highest BCUT2D eigenvalue weighted by Crippen LogP contribution is 2.77. The van der Waals surface area contributed by atoms with Crippen LogP contribution in [0.15, 0.2) is 12.2 Å². The van der Waals surface area contributed by atoms with E-state index >= 15 is 0 Å². The summed E-state index contributed by atoms with van der Waals surface area (Å²) in [5.41, 5.74) is -0.874. The molecule has 0 amide bonds. The van der Waals surface area contributed by atoms with Crippen LogP contribution in [0.5, 0.6) is 0 Å². The lowest BCUT2D eigenvalue weighted by atomic mass is 9.36. The van der Waals surface area contributed by atoms with Crippen molar-refractivity contribution in [3.05, 3.63) is 12.2 Å². The Morgan fingerprint density at radius 3 is 2.80 bits per heavy atom. The summed E-state index contributed by atoms with van der Waals surface area (Å²) in [4.78, 5) is 13.3. The highest BCUT2D eigenvalue weighted by atomic mass is 16.7. The van der Waals surface area contributed by atoms with Crippen molar-refractivity contribution in [2.75, 3.05) is 6.61 Å². The SMILES string of the molecule is C=C1C(=O)[C@]23C(O)[C@H]1CC[C@H]2[C@]12C4OC[C@](C)(CC[C@@H]1O)[C@H]2C[C@H]3O4. The van der Waals surface area contributed by atoms with Gasteiger partial charge in [0.15, 0.2) is 12.1 Å². The van der Waals surface area contributed by atoms with Crippen molar-refractivity contribution >= 4 is 5.78 Å². The van der Waals surface area contributed by atoms with E-state index in [1.807, 2.05) is 0 Å². The van der Waals surface area contributed by atoms with E-state index in [0.29, 0.717) is 18.1 Å². The quantitative estimate of drug-likeness (QED) is 0.649. The number of aliphatic hydroxyl groups is 2. The molecule has 5 nitrogen and oxygen atoms in total. The first-order valence-electron chi connectivity index (χ1n) is 9.75. The van der Waals surface area contributed by atoms with Gasteiger partial charge in [0, 0.05) is 5.92 Å². The van der Waals surface area contributed by atoms with Gasteiger partial charge in [-0.15, -0.1) is 0 Å². The predicted octanol–water partition coefficient (Wildman–Crippen LogP) is 1.42. The van der Waals surface area contributed by atoms with Crippen LogP contribution in [0.2, 0.25) is 0 Å². The van der Waals surface area contributed by atoms with Gasteiger partial charge in [0.1, 0.15) is 0 Å². The van der Waals surface area contributed by atoms with Crippen LogP contribution in [0.3, 0.4) is 0 Å². The predicted molar refractivity (Wildman–Crippen MR) is 87.3 cm³/mol. The molecule has 10 atom stereocenters. The van der Waals surface area contributed by atoms with E-state index in [0.717, 1.165) is 32.1 Å². The van der Waals surface area contributed by atoms with Crippen molar-refractivity contribution < 1.29 is 24.5 Å². The van der Waals surface area contributed by atoms with Crippen molar-refractivity contribution in [2.24, 2.45) is 34.0 Å². The summed E-state index contributed by atoms with van der Waals surface area (Å²) in [7, 11) is 0. The van der Waals surface area contributed by atoms with Gasteiger partial charge in [-0.3, -0.25) is 4.79 Å². The monoisotopic (exact) mass is 346 g/mol. The number of ketones is 1. The third-order valence-electron chi connectivity index (χ3n) is 9.20. The number of ether oxygens (including phenoxy) is 2. The number of carbonyl (C=O) groups is 1. The summed E-state index contributed by atoms with van der Waals surface area (Å²) in [6, 6.07) is 0. The lowest BCUT2D eigenvalue weighted by Crippen LogP contribution is -2.81. The maximum absolute atomic E-state index is 13.3. The van der Waals surface area contributed by atoms with E-state index in [-0.39, 0.29) is 29.1 Å². The van der Waals surface area contributed by atoms with Crippen LogP contribution in [0.25, 0.3) is 0 Å². The third-order valence-corrected chi connectivity index (χ3v) is 9.20. The summed E-state index contributed by atoms with van der Waals surface area (Å²) >= 11 is 0. The first-order valence-corrected chi connectivity index (χ1v) is 9.75. The Labute approximate surface area is 147 Å². The zero-order valence-electron chi connectivity index (χ0n) is 14.6. The molecular formula is C20H26O5. The number of hydrogen-bond donors (Lipinski definition) is 2. The topological polar surface area (TPSA) is 76.0 Å². The van der Waals surface area contributed by atoms with Crippen LogP contribution < -0.4 is 0 Å². The number of fused-ring (bicyclic) bond motifs is 1. The fraction of sp³-hybridized carbons (Fsp3) is 0.850. The molecule has 7 fully saturated rings. The Bertz CT molecular complexity index is 700. The number of carbonyl (C=O) groups excluding carboxylic acids is 1. The minimum absolute atomic E-state index is 0.00572. The fourth-order valence-electron chi connectivity index (χ4n) is 8.25. The molecule has 0 aromatic heterocycles. The van der Waals surface area contributed by atoms with Gasteiger partial charge in [0.25, 0.3) is 0 Å². The van der Waals surface area contributed by atoms with Crippen molar-refractivity contribution in [3.8, 4) is 0 Å². The molecule has 2 spiro atoms. The first kappa shape index (κ1) is 15.3. The van der Waals surface area contributed by atoms with Crippen LogP contribution in [0.4, 0.5) is 0 Å². The van der Waals surface area contributed by atoms with Crippen LogP contribution in [-0.4, -0.2) is 47.2 Å². The Balaban J connectivity index is 1.61. The average Bonchev–Trinajstić information content (AvgIpc) is 2.71. The molecule has 2 unspecified atom stereocenters. The molecule has 5 heteroatoms. The molecule has 0 aromatic carbocycles. The number of rotatable bonds is 0. The largest absolute Gasteiger partial charge is 0.392 e. The Morgan fingerprint density at radius 1 is 1.20 bits per heavy atom. The summed E-state index contributed by atoms with van der Waals surface area (Å²) in [6.45, 7) is 6.95. The van der Waals surface area contributed by atoms with Crippen molar-refractivity contribution in [3.63, 3.8) is 0 Å². The molecule has 3 aliphatic heterocycles. The molecule has 7 rings (SSSR count). The van der Waals surface area contributed by atoms with Gasteiger partial charge in [-0.25, -0.2) is 0 Å². The molecule has 7 aliphatic rings. The van der Waals surface area contributed by atoms with E-state index in [9.17, 15) is 15.0 Å². The summed E-state index contributed by atoms with van der Waals surface area (Å²) in [5.74, 6) is 0.0718. The lowest BCUT2D eigenvalue weighted by molar-refractivity contribution is -0.440. The van der Waals surface area contributed by atoms with Crippen molar-refractivity contribution in [2.45, 2.75) is 63.6 Å². The van der Waals surface area contributed by atoms with E-state index in [2.05, 4.69) is 13.5 Å². The molecule has 4 aliphatic carbocycles. The van der Waals surface area contributed by atoms with Gasteiger partial charge in [-0.05, 0) is 54.9 Å². The summed E-state index contributed by atoms with van der Waals surface area (Å²) < 4.78 is 12.5. The first-order chi connectivity index (χ1) is 11.9. The Hall–Kier alpha value is -0.750. The summed E-state index contributed by atoms with van der Waals surface area (Å²) in [6.07, 6.45) is 2.01. The van der Waals surface area contributed by atoms with Gasteiger partial charge in [0.05, 0.1) is 35.7 Å². The molecule has 25 heavy (non-hydrogen) atoms. The number of hydrogen-bond acceptors (Lipinski definition) is 5. The minimum Gasteiger partial charge on any atom is -0.392 e. The second-order valence-corrected chi connectivity index (χ2v) is 9.73. The van der Waals surface area contributed by atoms with Gasteiger partial charge in [-0.1, -0.05) is 13.5 Å². The molecule has 0 radical (unpaired) electrons. The lowest BCUT2D eigenvalue weighted by Gasteiger charge is -2.75. The maximum atomic E-state index is 13.3. The van der Waals surface area contributed by atoms with Crippen LogP contribution in [0.1, 0.15) is 39.0 Å². The molecule has 2 N–H and O–H groups in total. The molecule has 3 heterocycles. The molecular weight excluding hydrogens is 320 g/mol. The molecule has 7 bridgehead atoms. The maximum Gasteiger partial charge on any atom is 0.170 e. The van der Waals surface area contributed by atoms with Gasteiger partial charge in [-0.2, -0.15) is 0 Å². The molecule has 0 aromatic rings. The fourth-order valence-corrected chi connectivity index (χ4v) is 8.25. The minimum atomic E-state index is -0.910. The van der Waals surface area contributed by atoms with E-state index in [1.165, 1.54) is 0 Å². The highest BCUT2D eigenvalue weighted by molar-refractivity contribution is 6.04. The smallest absolute Gasteiger partial charge is 0.170 e. The molecule has 136 valence electrons. The standard InChI is InChI=1S/C20H26O5/c1-9-10-3-4-11-19-12-7-14(20(11,15(9)22)16(10)23)25-17(19)24-8-18(12,2)6-5-13(19)21/h10-14,16-17,21,23H,1,3-8H2,2H3/t10-,11-,12+,13-,14+,16?,17?,18-,19+,20-/m0/s1. The third kappa shape index (κ3) is 1.29. The van der Waals surface area contributed by atoms with Crippen LogP contribution >= 0.6 is 0 Å². The Kier molecular flexibility index (Phi) is 2.58. The van der Waals surface area contributed by atoms with Gasteiger partial charge >= 0.3 is 0 Å². The van der Waals surface area contributed by atoms with E-state index in [4.69, 9.17) is 9.47 Å². The second-order valence-electron chi connectivity index (χ2n) is 9.73.